The molecule has 264 valence electrons. The molecule has 12 rings (SSSR count). The summed E-state index contributed by atoms with van der Waals surface area (Å²) in [6, 6.07) is 15.9. The van der Waals surface area contributed by atoms with Crippen LogP contribution in [0.1, 0.15) is 26.0 Å². The average Bonchev–Trinajstić information content (AvgIpc) is 3.85. The van der Waals surface area contributed by atoms with Gasteiger partial charge in [0.2, 0.25) is 0 Å². The first-order chi connectivity index (χ1) is 36.2. The molecular formula is C56H34O. The molecule has 1 aromatic heterocycles. The van der Waals surface area contributed by atoms with Crippen molar-refractivity contribution in [3.05, 3.63) is 206 Å². The van der Waals surface area contributed by atoms with Gasteiger partial charge in [-0.25, -0.2) is 0 Å². The van der Waals surface area contributed by atoms with E-state index in [0.29, 0.717) is 54.6 Å². The van der Waals surface area contributed by atoms with Crippen LogP contribution in [-0.2, 0) is 0 Å². The molecule has 0 aliphatic rings. The van der Waals surface area contributed by atoms with Crippen molar-refractivity contribution in [3.63, 3.8) is 0 Å². The van der Waals surface area contributed by atoms with Gasteiger partial charge in [-0.1, -0.05) is 182 Å². The predicted octanol–water partition coefficient (Wildman–Crippen LogP) is 16.0. The van der Waals surface area contributed by atoms with E-state index in [1.165, 1.54) is 6.07 Å². The number of rotatable bonds is 4. The molecule has 0 saturated heterocycles. The summed E-state index contributed by atoms with van der Waals surface area (Å²) in [5.41, 5.74) is 2.10. The second-order valence-electron chi connectivity index (χ2n) is 13.7. The van der Waals surface area contributed by atoms with Gasteiger partial charge >= 0.3 is 0 Å². The van der Waals surface area contributed by atoms with Crippen molar-refractivity contribution in [2.45, 2.75) is 0 Å². The Labute approximate surface area is 356 Å². The van der Waals surface area contributed by atoms with E-state index in [1.54, 1.807) is 84.9 Å². The summed E-state index contributed by atoms with van der Waals surface area (Å²) >= 11 is 0. The minimum atomic E-state index is -0.586. The second kappa shape index (κ2) is 12.5. The van der Waals surface area contributed by atoms with Gasteiger partial charge in [-0.3, -0.25) is 0 Å². The van der Waals surface area contributed by atoms with Gasteiger partial charge in [-0.2, -0.15) is 0 Å². The fourth-order valence-electron chi connectivity index (χ4n) is 8.21. The van der Waals surface area contributed by atoms with E-state index in [2.05, 4.69) is 0 Å². The van der Waals surface area contributed by atoms with Crippen molar-refractivity contribution in [3.8, 4) is 44.5 Å². The van der Waals surface area contributed by atoms with E-state index in [0.717, 1.165) is 0 Å². The Bertz CT molecular complexity index is 4620. The summed E-state index contributed by atoms with van der Waals surface area (Å²) in [7, 11) is 0. The third-order valence-corrected chi connectivity index (χ3v) is 10.7. The zero-order chi connectivity index (χ0) is 54.0. The largest absolute Gasteiger partial charge is 0.456 e. The highest BCUT2D eigenvalue weighted by Gasteiger charge is 2.21. The van der Waals surface area contributed by atoms with Gasteiger partial charge in [-0.05, 0) is 123 Å². The Balaban J connectivity index is 1.19. The molecule has 0 unspecified atom stereocenters. The van der Waals surface area contributed by atoms with Crippen molar-refractivity contribution in [1.29, 1.82) is 0 Å². The lowest BCUT2D eigenvalue weighted by Gasteiger charge is -2.20. The van der Waals surface area contributed by atoms with Gasteiger partial charge in [0, 0.05) is 10.8 Å². The zero-order valence-electron chi connectivity index (χ0n) is 48.6. The van der Waals surface area contributed by atoms with Crippen LogP contribution in [0.4, 0.5) is 0 Å². The molecule has 11 aromatic carbocycles. The summed E-state index contributed by atoms with van der Waals surface area (Å²) in [4.78, 5) is 0. The van der Waals surface area contributed by atoms with Crippen LogP contribution < -0.4 is 0 Å². The van der Waals surface area contributed by atoms with Crippen molar-refractivity contribution >= 4 is 75.8 Å². The van der Waals surface area contributed by atoms with Crippen LogP contribution in [0.25, 0.3) is 120 Å². The molecule has 0 atom stereocenters. The Morgan fingerprint density at radius 2 is 0.789 bits per heavy atom. The summed E-state index contributed by atoms with van der Waals surface area (Å²) in [5, 5.41) is 2.04. The maximum Gasteiger partial charge on any atom is 0.135 e. The van der Waals surface area contributed by atoms with Crippen LogP contribution in [0.3, 0.4) is 0 Å². The first-order valence-corrected chi connectivity index (χ1v) is 18.1. The number of benzene rings is 11. The monoisotopic (exact) mass is 741 g/mol. The molecule has 0 N–H and O–H groups in total. The predicted molar refractivity (Wildman–Crippen MR) is 243 cm³/mol. The molecule has 0 amide bonds. The van der Waals surface area contributed by atoms with E-state index in [-0.39, 0.29) is 83.8 Å². The van der Waals surface area contributed by atoms with Gasteiger partial charge in [0.15, 0.2) is 0 Å². The number of hydrogen-bond acceptors (Lipinski definition) is 1. The maximum atomic E-state index is 9.80. The van der Waals surface area contributed by atoms with Crippen LogP contribution in [0.2, 0.25) is 0 Å². The van der Waals surface area contributed by atoms with Crippen molar-refractivity contribution in [2.24, 2.45) is 0 Å². The average molecular weight is 742 g/mol. The molecule has 0 bridgehead atoms. The molecule has 0 saturated carbocycles. The Kier molecular flexibility index (Phi) is 4.05. The molecule has 0 fully saturated rings. The molecule has 1 nitrogen and oxygen atoms in total. The standard InChI is InChI=1S/C56H34O/c1-3-19-40-35(13-1)15-9-25-42(40)38-29-31-52-50(33-38)51-34-39(30-32-53(51)57-52)43-26-11-17-37-18-12-28-49(54(37)43)56-47-23-7-5-21-45(47)55(46-22-6-8-24-48(46)56)44-27-10-16-36-14-2-4-20-41(36)44/h1-34H/i1D,2D,3D,9D,10D,11D,12D,13D,14D,15D,16D,17D,18D,19D,20D,25D,26D,27D,28D. The van der Waals surface area contributed by atoms with Gasteiger partial charge in [0.1, 0.15) is 11.2 Å². The van der Waals surface area contributed by atoms with Crippen LogP contribution in [0, 0.1) is 0 Å². The van der Waals surface area contributed by atoms with Crippen molar-refractivity contribution < 1.29 is 30.5 Å². The molecule has 57 heavy (non-hydrogen) atoms. The molecule has 12 aromatic rings. The lowest BCUT2D eigenvalue weighted by molar-refractivity contribution is 0.669. The first-order valence-electron chi connectivity index (χ1n) is 27.6. The summed E-state index contributed by atoms with van der Waals surface area (Å²) in [6.07, 6.45) is 0. The third-order valence-electron chi connectivity index (χ3n) is 10.7. The normalized spacial score (nSPS) is 16.5. The van der Waals surface area contributed by atoms with Crippen LogP contribution in [0.5, 0.6) is 0 Å². The fraction of sp³-hybridized carbons (Fsp3) is 0. The molecule has 0 aliphatic carbocycles. The van der Waals surface area contributed by atoms with E-state index >= 15 is 0 Å². The van der Waals surface area contributed by atoms with Crippen molar-refractivity contribution in [1.82, 2.24) is 0 Å². The lowest BCUT2D eigenvalue weighted by Crippen LogP contribution is -1.93. The van der Waals surface area contributed by atoms with Gasteiger partial charge in [0.25, 0.3) is 0 Å². The highest BCUT2D eigenvalue weighted by atomic mass is 16.3. The minimum absolute atomic E-state index is 0.00377. The minimum Gasteiger partial charge on any atom is -0.456 e. The molecule has 0 spiro atoms. The Morgan fingerprint density at radius 1 is 0.316 bits per heavy atom. The third kappa shape index (κ3) is 4.89. The smallest absolute Gasteiger partial charge is 0.135 e. The Morgan fingerprint density at radius 3 is 1.44 bits per heavy atom. The molecule has 0 aliphatic heterocycles. The molecular weight excluding hydrogens is 689 g/mol. The summed E-state index contributed by atoms with van der Waals surface area (Å²) < 4.78 is 177. The quantitative estimate of drug-likeness (QED) is 0.164. The SMILES string of the molecule is [2H]c1cc([2H])c2c(-c3c4ccccc4c(-c4c([2H])c([2H])c([2H])c5c([2H])c([2H])c([2H])c(-c6ccc7oc8ccc(-c9c([2H])c([2H])c([2H])c%10c([2H])c([2H])c([2H])c([2H])c9%10)cc8c7c6)c45)c4ccccc34)c([2H])c([2H])c([2H])c2c1[2H]. The topological polar surface area (TPSA) is 13.1 Å². The lowest BCUT2D eigenvalue weighted by atomic mass is 9.82. The number of fused-ring (bicyclic) bond motifs is 8. The molecule has 1 heteroatoms. The first kappa shape index (κ1) is 18.4. The highest BCUT2D eigenvalue weighted by Crippen LogP contribution is 2.48. The molecule has 0 radical (unpaired) electrons. The summed E-state index contributed by atoms with van der Waals surface area (Å²) in [5.74, 6) is 0. The fourth-order valence-corrected chi connectivity index (χ4v) is 8.21. The summed E-state index contributed by atoms with van der Waals surface area (Å²) in [6.45, 7) is 0. The van der Waals surface area contributed by atoms with Gasteiger partial charge in [0.05, 0.1) is 26.0 Å². The van der Waals surface area contributed by atoms with Crippen LogP contribution in [0.15, 0.2) is 210 Å². The number of hydrogen-bond donors (Lipinski definition) is 0. The van der Waals surface area contributed by atoms with E-state index < -0.39 is 96.7 Å². The molecule has 1 heterocycles. The van der Waals surface area contributed by atoms with Crippen LogP contribution in [-0.4, -0.2) is 0 Å². The van der Waals surface area contributed by atoms with E-state index in [4.69, 9.17) is 22.2 Å². The second-order valence-corrected chi connectivity index (χ2v) is 13.7. The zero-order valence-corrected chi connectivity index (χ0v) is 29.6. The Hall–Kier alpha value is -7.48. The van der Waals surface area contributed by atoms with Gasteiger partial charge < -0.3 is 4.42 Å². The van der Waals surface area contributed by atoms with E-state index in [1.807, 2.05) is 0 Å². The van der Waals surface area contributed by atoms with Crippen LogP contribution >= 0.6 is 0 Å². The van der Waals surface area contributed by atoms with E-state index in [9.17, 15) is 8.22 Å². The maximum absolute atomic E-state index is 9.80. The number of furan rings is 1. The highest BCUT2D eigenvalue weighted by molar-refractivity contribution is 6.26. The van der Waals surface area contributed by atoms with Crippen molar-refractivity contribution in [2.75, 3.05) is 0 Å². The van der Waals surface area contributed by atoms with Gasteiger partial charge in [-0.15, -0.1) is 0 Å².